The van der Waals surface area contributed by atoms with Gasteiger partial charge >= 0.3 is 0 Å². The fourth-order valence-corrected chi connectivity index (χ4v) is 5.50. The van der Waals surface area contributed by atoms with Crippen molar-refractivity contribution < 1.29 is 13.2 Å². The second-order valence-electron chi connectivity index (χ2n) is 5.84. The molecule has 1 aromatic heterocycles. The summed E-state index contributed by atoms with van der Waals surface area (Å²) in [6.07, 6.45) is 4.73. The Bertz CT molecular complexity index is 576. The summed E-state index contributed by atoms with van der Waals surface area (Å²) in [6, 6.07) is 2.21. The Morgan fingerprint density at radius 3 is 2.45 bits per heavy atom. The van der Waals surface area contributed by atoms with Gasteiger partial charge < -0.3 is 10.1 Å². The minimum Gasteiger partial charge on any atom is -0.381 e. The van der Waals surface area contributed by atoms with E-state index in [2.05, 4.69) is 10.0 Å². The molecule has 7 heteroatoms. The minimum atomic E-state index is -3.39. The highest BCUT2D eigenvalue weighted by atomic mass is 32.2. The maximum atomic E-state index is 12.3. The number of aryl methyl sites for hydroxylation is 2. The topological polar surface area (TPSA) is 67.4 Å². The second-order valence-corrected chi connectivity index (χ2v) is 9.03. The second kappa shape index (κ2) is 7.88. The fraction of sp³-hybridized carbons (Fsp3) is 0.733. The van der Waals surface area contributed by atoms with Crippen LogP contribution >= 0.6 is 11.3 Å². The molecule has 5 nitrogen and oxygen atoms in total. The van der Waals surface area contributed by atoms with Crippen LogP contribution in [0.25, 0.3) is 0 Å². The van der Waals surface area contributed by atoms with Gasteiger partial charge in [0.15, 0.2) is 0 Å². The van der Waals surface area contributed by atoms with Gasteiger partial charge in [-0.2, -0.15) is 0 Å². The summed E-state index contributed by atoms with van der Waals surface area (Å²) in [5, 5.41) is 3.43. The third-order valence-electron chi connectivity index (χ3n) is 4.14. The Labute approximate surface area is 137 Å². The van der Waals surface area contributed by atoms with E-state index in [4.69, 9.17) is 4.74 Å². The molecule has 0 unspecified atom stereocenters. The summed E-state index contributed by atoms with van der Waals surface area (Å²) in [5.74, 6) is 0. The lowest BCUT2D eigenvalue weighted by molar-refractivity contribution is 0.0627. The Balaban J connectivity index is 1.73. The average molecular weight is 347 g/mol. The molecule has 126 valence electrons. The van der Waals surface area contributed by atoms with Crippen molar-refractivity contribution in [1.82, 2.24) is 10.0 Å². The van der Waals surface area contributed by atoms with Gasteiger partial charge in [0.05, 0.1) is 11.0 Å². The molecule has 22 heavy (non-hydrogen) atoms. The molecule has 0 bridgehead atoms. The summed E-state index contributed by atoms with van der Waals surface area (Å²) >= 11 is 1.51. The molecule has 2 rings (SSSR count). The summed E-state index contributed by atoms with van der Waals surface area (Å²) < 4.78 is 32.5. The number of methoxy groups -OCH3 is 1. The van der Waals surface area contributed by atoms with Gasteiger partial charge in [0.2, 0.25) is 10.0 Å². The van der Waals surface area contributed by atoms with Crippen molar-refractivity contribution in [2.75, 3.05) is 20.2 Å². The number of ether oxygens (including phenoxy) is 1. The monoisotopic (exact) mass is 346 g/mol. The largest absolute Gasteiger partial charge is 0.381 e. The SMILES string of the molecule is COC1CCC(NCCNS(=O)(=O)c2cc(C)sc2C)CC1. The number of sulfonamides is 1. The first kappa shape index (κ1) is 17.9. The number of rotatable bonds is 7. The van der Waals surface area contributed by atoms with Gasteiger partial charge in [0.25, 0.3) is 0 Å². The molecule has 0 aromatic carbocycles. The molecule has 1 aromatic rings. The lowest BCUT2D eigenvalue weighted by Crippen LogP contribution is -2.39. The number of hydrogen-bond donors (Lipinski definition) is 2. The summed E-state index contributed by atoms with van der Waals surface area (Å²) in [6.45, 7) is 4.85. The van der Waals surface area contributed by atoms with Gasteiger partial charge in [-0.15, -0.1) is 11.3 Å². The molecule has 0 amide bonds. The van der Waals surface area contributed by atoms with Crippen LogP contribution < -0.4 is 10.0 Å². The predicted octanol–water partition coefficient (Wildman–Crippen LogP) is 2.19. The molecule has 1 saturated carbocycles. The summed E-state index contributed by atoms with van der Waals surface area (Å²) in [4.78, 5) is 2.28. The maximum absolute atomic E-state index is 12.3. The molecule has 0 aliphatic heterocycles. The standard InChI is InChI=1S/C15H26N2O3S2/c1-11-10-15(12(2)21-11)22(18,19)17-9-8-16-13-4-6-14(20-3)7-5-13/h10,13-14,16-17H,4-9H2,1-3H3. The van der Waals surface area contributed by atoms with Crippen LogP contribution in [0.15, 0.2) is 11.0 Å². The Morgan fingerprint density at radius 1 is 1.23 bits per heavy atom. The first-order chi connectivity index (χ1) is 10.4. The van der Waals surface area contributed by atoms with Crippen molar-refractivity contribution in [3.63, 3.8) is 0 Å². The first-order valence-corrected chi connectivity index (χ1v) is 10.0. The van der Waals surface area contributed by atoms with Crippen LogP contribution in [0.3, 0.4) is 0 Å². The van der Waals surface area contributed by atoms with Crippen molar-refractivity contribution in [3.05, 3.63) is 15.8 Å². The minimum absolute atomic E-state index is 0.390. The third-order valence-corrected chi connectivity index (χ3v) is 6.82. The van der Waals surface area contributed by atoms with E-state index in [0.717, 1.165) is 35.4 Å². The van der Waals surface area contributed by atoms with Gasteiger partial charge in [-0.05, 0) is 45.6 Å². The lowest BCUT2D eigenvalue weighted by atomic mass is 9.93. The zero-order valence-corrected chi connectivity index (χ0v) is 15.1. The molecular weight excluding hydrogens is 320 g/mol. The molecule has 0 atom stereocenters. The summed E-state index contributed by atoms with van der Waals surface area (Å²) in [7, 11) is -1.62. The molecule has 0 saturated heterocycles. The van der Waals surface area contributed by atoms with E-state index in [-0.39, 0.29) is 0 Å². The first-order valence-electron chi connectivity index (χ1n) is 7.75. The zero-order chi connectivity index (χ0) is 16.2. The van der Waals surface area contributed by atoms with E-state index in [1.807, 2.05) is 13.8 Å². The highest BCUT2D eigenvalue weighted by Gasteiger charge is 2.21. The normalized spacial score (nSPS) is 22.9. The number of hydrogen-bond acceptors (Lipinski definition) is 5. The Morgan fingerprint density at radius 2 is 1.91 bits per heavy atom. The molecule has 1 heterocycles. The highest BCUT2D eigenvalue weighted by Crippen LogP contribution is 2.24. The predicted molar refractivity (Wildman–Crippen MR) is 90.0 cm³/mol. The van der Waals surface area contributed by atoms with E-state index in [1.54, 1.807) is 13.2 Å². The van der Waals surface area contributed by atoms with Crippen molar-refractivity contribution >= 4 is 21.4 Å². The highest BCUT2D eigenvalue weighted by molar-refractivity contribution is 7.89. The molecular formula is C15H26N2O3S2. The van der Waals surface area contributed by atoms with Crippen molar-refractivity contribution in [1.29, 1.82) is 0 Å². The van der Waals surface area contributed by atoms with Crippen molar-refractivity contribution in [2.45, 2.75) is 56.6 Å². The molecule has 0 radical (unpaired) electrons. The quantitative estimate of drug-likeness (QED) is 0.743. The van der Waals surface area contributed by atoms with Gasteiger partial charge in [0, 0.05) is 36.0 Å². The smallest absolute Gasteiger partial charge is 0.241 e. The van der Waals surface area contributed by atoms with Gasteiger partial charge in [-0.1, -0.05) is 0 Å². The van der Waals surface area contributed by atoms with E-state index >= 15 is 0 Å². The van der Waals surface area contributed by atoms with Crippen LogP contribution in [-0.2, 0) is 14.8 Å². The molecule has 1 aliphatic rings. The maximum Gasteiger partial charge on any atom is 0.241 e. The summed E-state index contributed by atoms with van der Waals surface area (Å²) in [5.41, 5.74) is 0. The van der Waals surface area contributed by atoms with E-state index in [0.29, 0.717) is 30.1 Å². The molecule has 0 spiro atoms. The van der Waals surface area contributed by atoms with Crippen LogP contribution in [0, 0.1) is 13.8 Å². The fourth-order valence-electron chi connectivity index (χ4n) is 2.92. The van der Waals surface area contributed by atoms with Crippen molar-refractivity contribution in [2.24, 2.45) is 0 Å². The van der Waals surface area contributed by atoms with Gasteiger partial charge in [-0.25, -0.2) is 13.1 Å². The van der Waals surface area contributed by atoms with Crippen molar-refractivity contribution in [3.8, 4) is 0 Å². The van der Waals surface area contributed by atoms with Crippen LogP contribution in [0.1, 0.15) is 35.4 Å². The Kier molecular flexibility index (Phi) is 6.40. The van der Waals surface area contributed by atoms with E-state index < -0.39 is 10.0 Å². The Hall–Kier alpha value is -0.470. The third kappa shape index (κ3) is 4.76. The molecule has 1 fully saturated rings. The van der Waals surface area contributed by atoms with Crippen LogP contribution in [0.5, 0.6) is 0 Å². The number of thiophene rings is 1. The van der Waals surface area contributed by atoms with Crippen LogP contribution in [0.4, 0.5) is 0 Å². The molecule has 2 N–H and O–H groups in total. The van der Waals surface area contributed by atoms with Crippen LogP contribution in [0.2, 0.25) is 0 Å². The lowest BCUT2D eigenvalue weighted by Gasteiger charge is -2.28. The molecule has 1 aliphatic carbocycles. The zero-order valence-electron chi connectivity index (χ0n) is 13.5. The van der Waals surface area contributed by atoms with Crippen LogP contribution in [-0.4, -0.2) is 40.8 Å². The van der Waals surface area contributed by atoms with Gasteiger partial charge in [-0.3, -0.25) is 0 Å². The number of nitrogens with one attached hydrogen (secondary N) is 2. The van der Waals surface area contributed by atoms with E-state index in [1.165, 1.54) is 11.3 Å². The average Bonchev–Trinajstić information content (AvgIpc) is 2.84. The van der Waals surface area contributed by atoms with E-state index in [9.17, 15) is 8.42 Å². The van der Waals surface area contributed by atoms with Gasteiger partial charge in [0.1, 0.15) is 0 Å².